The van der Waals surface area contributed by atoms with Gasteiger partial charge in [0.25, 0.3) is 0 Å². The van der Waals surface area contributed by atoms with Crippen LogP contribution >= 0.6 is 23.5 Å². The molecule has 2 heteroatoms. The molecule has 1 atom stereocenters. The number of hydrogen-bond donors (Lipinski definition) is 0. The zero-order valence-corrected chi connectivity index (χ0v) is 12.7. The van der Waals surface area contributed by atoms with Crippen LogP contribution in [0.5, 0.6) is 0 Å². The second kappa shape index (κ2) is 5.48. The van der Waals surface area contributed by atoms with Crippen molar-refractivity contribution in [1.82, 2.24) is 0 Å². The smallest absolute Gasteiger partial charge is 0.0567 e. The molecule has 0 saturated heterocycles. The quantitative estimate of drug-likeness (QED) is 0.746. The second-order valence-corrected chi connectivity index (χ2v) is 6.28. The van der Waals surface area contributed by atoms with Gasteiger partial charge in [0.1, 0.15) is 0 Å². The number of thioether (sulfide) groups is 2. The van der Waals surface area contributed by atoms with E-state index in [4.69, 9.17) is 0 Å². The van der Waals surface area contributed by atoms with Crippen molar-refractivity contribution >= 4 is 34.0 Å². The summed E-state index contributed by atoms with van der Waals surface area (Å²) in [4.78, 5) is 1.43. The van der Waals surface area contributed by atoms with Gasteiger partial charge in [0.2, 0.25) is 0 Å². The lowest BCUT2D eigenvalue weighted by Crippen LogP contribution is -1.93. The van der Waals surface area contributed by atoms with Crippen LogP contribution in [0.4, 0.5) is 0 Å². The van der Waals surface area contributed by atoms with Crippen molar-refractivity contribution < 1.29 is 0 Å². The number of rotatable bonds is 3. The van der Waals surface area contributed by atoms with Gasteiger partial charge in [-0.05, 0) is 34.8 Å². The first-order chi connectivity index (χ1) is 9.36. The molecule has 0 bridgehead atoms. The van der Waals surface area contributed by atoms with E-state index in [9.17, 15) is 0 Å². The number of hydrogen-bond acceptors (Lipinski definition) is 2. The molecule has 2 aromatic rings. The third kappa shape index (κ3) is 2.13. The fourth-order valence-corrected chi connectivity index (χ4v) is 4.60. The largest absolute Gasteiger partial charge is 0.152 e. The Bertz CT molecular complexity index is 614. The van der Waals surface area contributed by atoms with E-state index in [0.29, 0.717) is 5.25 Å². The van der Waals surface area contributed by atoms with Crippen LogP contribution in [0, 0.1) is 0 Å². The van der Waals surface area contributed by atoms with Gasteiger partial charge < -0.3 is 0 Å². The minimum atomic E-state index is 0.459. The molecule has 0 spiro atoms. The predicted octanol–water partition coefficient (Wildman–Crippen LogP) is 5.34. The average Bonchev–Trinajstić information content (AvgIpc) is 2.81. The van der Waals surface area contributed by atoms with Crippen LogP contribution in [0.2, 0.25) is 0 Å². The monoisotopic (exact) mass is 284 g/mol. The van der Waals surface area contributed by atoms with Crippen molar-refractivity contribution in [2.75, 3.05) is 12.5 Å². The maximum absolute atomic E-state index is 2.27. The van der Waals surface area contributed by atoms with Crippen molar-refractivity contribution in [3.05, 3.63) is 71.3 Å². The van der Waals surface area contributed by atoms with E-state index in [1.807, 2.05) is 23.5 Å². The Kier molecular flexibility index (Phi) is 3.72. The van der Waals surface area contributed by atoms with E-state index < -0.39 is 0 Å². The topological polar surface area (TPSA) is 0 Å². The average molecular weight is 284 g/mol. The van der Waals surface area contributed by atoms with Gasteiger partial charge in [-0.25, -0.2) is 0 Å². The molecule has 0 fully saturated rings. The summed E-state index contributed by atoms with van der Waals surface area (Å²) in [6.07, 6.45) is 4.38. The van der Waals surface area contributed by atoms with Crippen molar-refractivity contribution in [3.8, 4) is 0 Å². The molecular formula is C17H16S2. The van der Waals surface area contributed by atoms with Crippen LogP contribution in [-0.4, -0.2) is 12.5 Å². The molecule has 1 unspecified atom stereocenters. The lowest BCUT2D eigenvalue weighted by atomic mass is 10.0. The minimum Gasteiger partial charge on any atom is -0.152 e. The van der Waals surface area contributed by atoms with Crippen molar-refractivity contribution in [2.24, 2.45) is 0 Å². The molecule has 0 aromatic heterocycles. The van der Waals surface area contributed by atoms with E-state index in [1.54, 1.807) is 0 Å². The summed E-state index contributed by atoms with van der Waals surface area (Å²) in [5.41, 5.74) is 5.69. The molecule has 2 aromatic carbocycles. The summed E-state index contributed by atoms with van der Waals surface area (Å²) in [6, 6.07) is 19.6. The fraction of sp³-hybridized carbons (Fsp3) is 0.176. The van der Waals surface area contributed by atoms with Gasteiger partial charge in [-0.2, -0.15) is 11.8 Å². The third-order valence-corrected chi connectivity index (χ3v) is 5.33. The van der Waals surface area contributed by atoms with Crippen molar-refractivity contribution in [1.29, 1.82) is 0 Å². The Morgan fingerprint density at radius 1 is 0.842 bits per heavy atom. The molecular weight excluding hydrogens is 268 g/mol. The highest BCUT2D eigenvalue weighted by Gasteiger charge is 2.30. The standard InChI is InChI=1S/C17H16S2/c1-18-16-13-10-6-7-11-14(13)17(19-2)15(16)12-8-4-3-5-9-12/h3-11,16H,1-2H3. The summed E-state index contributed by atoms with van der Waals surface area (Å²) < 4.78 is 0. The summed E-state index contributed by atoms with van der Waals surface area (Å²) >= 11 is 3.79. The van der Waals surface area contributed by atoms with E-state index in [-0.39, 0.29) is 0 Å². The molecule has 3 rings (SSSR count). The normalized spacial score (nSPS) is 17.7. The molecule has 1 aliphatic carbocycles. The first-order valence-corrected chi connectivity index (χ1v) is 8.83. The van der Waals surface area contributed by atoms with Crippen LogP contribution in [0.3, 0.4) is 0 Å². The maximum atomic E-state index is 2.27. The van der Waals surface area contributed by atoms with Crippen LogP contribution in [0.15, 0.2) is 54.6 Å². The SMILES string of the molecule is CSC1=C(c2ccccc2)C(SC)c2ccccc21. The minimum absolute atomic E-state index is 0.459. The van der Waals surface area contributed by atoms with Gasteiger partial charge in [0, 0.05) is 4.91 Å². The van der Waals surface area contributed by atoms with E-state index in [2.05, 4.69) is 67.1 Å². The van der Waals surface area contributed by atoms with Crippen molar-refractivity contribution in [2.45, 2.75) is 5.25 Å². The second-order valence-electron chi connectivity index (χ2n) is 4.52. The Hall–Kier alpha value is -1.12. The molecule has 0 saturated carbocycles. The Morgan fingerprint density at radius 3 is 2.21 bits per heavy atom. The van der Waals surface area contributed by atoms with Crippen LogP contribution in [-0.2, 0) is 0 Å². The predicted molar refractivity (Wildman–Crippen MR) is 89.5 cm³/mol. The molecule has 0 amide bonds. The highest BCUT2D eigenvalue weighted by Crippen LogP contribution is 2.54. The highest BCUT2D eigenvalue weighted by molar-refractivity contribution is 8.08. The zero-order valence-electron chi connectivity index (χ0n) is 11.1. The molecule has 19 heavy (non-hydrogen) atoms. The Morgan fingerprint density at radius 2 is 1.53 bits per heavy atom. The molecule has 0 aliphatic heterocycles. The number of fused-ring (bicyclic) bond motifs is 1. The van der Waals surface area contributed by atoms with Gasteiger partial charge in [-0.3, -0.25) is 0 Å². The summed E-state index contributed by atoms with van der Waals surface area (Å²) in [5.74, 6) is 0. The Labute approximate surface area is 123 Å². The maximum Gasteiger partial charge on any atom is 0.0567 e. The van der Waals surface area contributed by atoms with Gasteiger partial charge in [0.15, 0.2) is 0 Å². The molecule has 1 aliphatic rings. The molecule has 0 N–H and O–H groups in total. The van der Waals surface area contributed by atoms with E-state index in [0.717, 1.165) is 0 Å². The van der Waals surface area contributed by atoms with Gasteiger partial charge >= 0.3 is 0 Å². The Balaban J connectivity index is 2.22. The lowest BCUT2D eigenvalue weighted by molar-refractivity contribution is 1.28. The van der Waals surface area contributed by atoms with E-state index in [1.165, 1.54) is 27.2 Å². The summed E-state index contributed by atoms with van der Waals surface area (Å²) in [5, 5.41) is 0.459. The first-order valence-electron chi connectivity index (χ1n) is 6.32. The summed E-state index contributed by atoms with van der Waals surface area (Å²) in [6.45, 7) is 0. The van der Waals surface area contributed by atoms with Crippen LogP contribution < -0.4 is 0 Å². The van der Waals surface area contributed by atoms with Crippen LogP contribution in [0.25, 0.3) is 10.5 Å². The lowest BCUT2D eigenvalue weighted by Gasteiger charge is -2.14. The fourth-order valence-electron chi connectivity index (χ4n) is 2.72. The van der Waals surface area contributed by atoms with Gasteiger partial charge in [0.05, 0.1) is 5.25 Å². The molecule has 0 nitrogen and oxygen atoms in total. The van der Waals surface area contributed by atoms with Crippen LogP contribution in [0.1, 0.15) is 21.9 Å². The number of benzene rings is 2. The zero-order chi connectivity index (χ0) is 13.2. The van der Waals surface area contributed by atoms with E-state index >= 15 is 0 Å². The molecule has 96 valence electrons. The first kappa shape index (κ1) is 12.9. The van der Waals surface area contributed by atoms with Crippen molar-refractivity contribution in [3.63, 3.8) is 0 Å². The van der Waals surface area contributed by atoms with Gasteiger partial charge in [-0.1, -0.05) is 54.6 Å². The molecule has 0 heterocycles. The summed E-state index contributed by atoms with van der Waals surface area (Å²) in [7, 11) is 0. The molecule has 0 radical (unpaired) electrons. The van der Waals surface area contributed by atoms with Gasteiger partial charge in [-0.15, -0.1) is 11.8 Å². The third-order valence-electron chi connectivity index (χ3n) is 3.52. The highest BCUT2D eigenvalue weighted by atomic mass is 32.2.